The van der Waals surface area contributed by atoms with Gasteiger partial charge >= 0.3 is 0 Å². The lowest BCUT2D eigenvalue weighted by molar-refractivity contribution is 0.0369. The summed E-state index contributed by atoms with van der Waals surface area (Å²) in [4.78, 5) is 2.23. The molecule has 0 unspecified atom stereocenters. The molecule has 0 aliphatic rings. The molecule has 0 aromatic rings. The van der Waals surface area contributed by atoms with Gasteiger partial charge in [0.05, 0.1) is 11.4 Å². The third-order valence-corrected chi connectivity index (χ3v) is 3.06. The van der Waals surface area contributed by atoms with Crippen molar-refractivity contribution in [3.8, 4) is 0 Å². The number of aliphatic hydroxyl groups is 1. The highest BCUT2D eigenvalue weighted by Gasteiger charge is 2.22. The van der Waals surface area contributed by atoms with Gasteiger partial charge in [0.1, 0.15) is 0 Å². The average Bonchev–Trinajstić information content (AvgIpc) is 2.13. The van der Waals surface area contributed by atoms with E-state index < -0.39 is 5.60 Å². The van der Waals surface area contributed by atoms with Crippen LogP contribution in [0.15, 0.2) is 0 Å². The van der Waals surface area contributed by atoms with Gasteiger partial charge in [-0.2, -0.15) is 0 Å². The first kappa shape index (κ1) is 16.4. The summed E-state index contributed by atoms with van der Waals surface area (Å²) in [5.74, 6) is 0.253. The second-order valence-corrected chi connectivity index (χ2v) is 6.08. The highest BCUT2D eigenvalue weighted by Crippen LogP contribution is 2.22. The second-order valence-electron chi connectivity index (χ2n) is 6.08. The van der Waals surface area contributed by atoms with E-state index in [-0.39, 0.29) is 11.3 Å². The van der Waals surface area contributed by atoms with E-state index in [4.69, 9.17) is 11.1 Å². The van der Waals surface area contributed by atoms with Crippen LogP contribution < -0.4 is 5.73 Å². The van der Waals surface area contributed by atoms with E-state index in [0.717, 1.165) is 25.9 Å². The van der Waals surface area contributed by atoms with Crippen LogP contribution in [-0.4, -0.2) is 41.1 Å². The molecule has 102 valence electrons. The van der Waals surface area contributed by atoms with Crippen molar-refractivity contribution in [1.29, 1.82) is 5.41 Å². The van der Waals surface area contributed by atoms with Crippen molar-refractivity contribution in [2.24, 2.45) is 11.1 Å². The van der Waals surface area contributed by atoms with Crippen molar-refractivity contribution in [2.45, 2.75) is 53.1 Å². The summed E-state index contributed by atoms with van der Waals surface area (Å²) in [6, 6.07) is 0. The summed E-state index contributed by atoms with van der Waals surface area (Å²) in [7, 11) is 0. The SMILES string of the molecule is CCN(CCCC(C)(C)C(=N)N)CC(C)(C)O. The van der Waals surface area contributed by atoms with E-state index in [1.165, 1.54) is 0 Å². The standard InChI is InChI=1S/C13H29N3O/c1-6-16(10-13(4,5)17)9-7-8-12(2,3)11(14)15/h17H,6-10H2,1-5H3,(H3,14,15). The fourth-order valence-electron chi connectivity index (χ4n) is 1.78. The van der Waals surface area contributed by atoms with Gasteiger partial charge in [0.25, 0.3) is 0 Å². The molecule has 17 heavy (non-hydrogen) atoms. The maximum atomic E-state index is 9.77. The molecule has 0 saturated carbocycles. The van der Waals surface area contributed by atoms with Crippen LogP contribution in [0.25, 0.3) is 0 Å². The zero-order valence-electron chi connectivity index (χ0n) is 12.0. The molecule has 0 atom stereocenters. The molecule has 0 rings (SSSR count). The lowest BCUT2D eigenvalue weighted by Gasteiger charge is -2.29. The van der Waals surface area contributed by atoms with Gasteiger partial charge in [0, 0.05) is 12.0 Å². The summed E-state index contributed by atoms with van der Waals surface area (Å²) in [6.45, 7) is 12.3. The molecule has 0 aliphatic heterocycles. The third-order valence-electron chi connectivity index (χ3n) is 3.06. The molecule has 0 fully saturated rings. The fourth-order valence-corrected chi connectivity index (χ4v) is 1.78. The van der Waals surface area contributed by atoms with E-state index in [9.17, 15) is 5.11 Å². The lowest BCUT2D eigenvalue weighted by Crippen LogP contribution is -2.39. The molecule has 4 N–H and O–H groups in total. The Morgan fingerprint density at radius 1 is 1.29 bits per heavy atom. The molecule has 4 nitrogen and oxygen atoms in total. The Bertz CT molecular complexity index is 244. The van der Waals surface area contributed by atoms with E-state index in [0.29, 0.717) is 6.54 Å². The molecule has 0 spiro atoms. The number of likely N-dealkylation sites (N-methyl/N-ethyl adjacent to an activating group) is 1. The minimum absolute atomic E-state index is 0.214. The number of nitrogens with two attached hydrogens (primary N) is 1. The van der Waals surface area contributed by atoms with Crippen LogP contribution in [0.2, 0.25) is 0 Å². The van der Waals surface area contributed by atoms with E-state index in [1.54, 1.807) is 0 Å². The van der Waals surface area contributed by atoms with Gasteiger partial charge < -0.3 is 15.7 Å². The van der Waals surface area contributed by atoms with Crippen LogP contribution in [0.5, 0.6) is 0 Å². The summed E-state index contributed by atoms with van der Waals surface area (Å²) >= 11 is 0. The highest BCUT2D eigenvalue weighted by molar-refractivity contribution is 5.82. The van der Waals surface area contributed by atoms with Crippen LogP contribution in [0, 0.1) is 10.8 Å². The molecule has 0 radical (unpaired) electrons. The number of hydrogen-bond donors (Lipinski definition) is 3. The first-order valence-corrected chi connectivity index (χ1v) is 6.38. The molecule has 4 heteroatoms. The van der Waals surface area contributed by atoms with E-state index >= 15 is 0 Å². The number of hydrogen-bond acceptors (Lipinski definition) is 3. The van der Waals surface area contributed by atoms with Crippen molar-refractivity contribution in [2.75, 3.05) is 19.6 Å². The third kappa shape index (κ3) is 7.34. The average molecular weight is 243 g/mol. The van der Waals surface area contributed by atoms with E-state index in [1.807, 2.05) is 27.7 Å². The van der Waals surface area contributed by atoms with Crippen LogP contribution in [0.3, 0.4) is 0 Å². The van der Waals surface area contributed by atoms with Crippen LogP contribution >= 0.6 is 0 Å². The van der Waals surface area contributed by atoms with Crippen molar-refractivity contribution < 1.29 is 5.11 Å². The number of amidine groups is 1. The summed E-state index contributed by atoms with van der Waals surface area (Å²) in [5, 5.41) is 17.3. The maximum Gasteiger partial charge on any atom is 0.0963 e. The number of nitrogens with one attached hydrogen (secondary N) is 1. The topological polar surface area (TPSA) is 73.3 Å². The first-order chi connectivity index (χ1) is 7.58. The second kappa shape index (κ2) is 6.36. The molecule has 0 bridgehead atoms. The molecule has 0 amide bonds. The Kier molecular flexibility index (Phi) is 6.13. The highest BCUT2D eigenvalue weighted by atomic mass is 16.3. The molecule has 0 aromatic heterocycles. The van der Waals surface area contributed by atoms with Crippen molar-refractivity contribution >= 4 is 5.84 Å². The molecule has 0 heterocycles. The van der Waals surface area contributed by atoms with Gasteiger partial charge in [-0.15, -0.1) is 0 Å². The predicted molar refractivity (Wildman–Crippen MR) is 73.3 cm³/mol. The van der Waals surface area contributed by atoms with Gasteiger partial charge in [0.2, 0.25) is 0 Å². The summed E-state index contributed by atoms with van der Waals surface area (Å²) in [6.07, 6.45) is 1.90. The Morgan fingerprint density at radius 3 is 2.18 bits per heavy atom. The molecule has 0 aromatic carbocycles. The normalized spacial score (nSPS) is 13.1. The number of rotatable bonds is 8. The maximum absolute atomic E-state index is 9.77. The molecular weight excluding hydrogens is 214 g/mol. The monoisotopic (exact) mass is 243 g/mol. The predicted octanol–water partition coefficient (Wildman–Crippen LogP) is 1.82. The summed E-state index contributed by atoms with van der Waals surface area (Å²) in [5.41, 5.74) is 4.69. The molecule has 0 saturated heterocycles. The lowest BCUT2D eigenvalue weighted by atomic mass is 9.86. The zero-order chi connectivity index (χ0) is 13.7. The van der Waals surface area contributed by atoms with Crippen molar-refractivity contribution in [1.82, 2.24) is 4.90 Å². The smallest absolute Gasteiger partial charge is 0.0963 e. The van der Waals surface area contributed by atoms with Gasteiger partial charge in [-0.1, -0.05) is 20.8 Å². The minimum atomic E-state index is -0.647. The fraction of sp³-hybridized carbons (Fsp3) is 0.923. The van der Waals surface area contributed by atoms with Crippen LogP contribution in [0.4, 0.5) is 0 Å². The number of nitrogens with zero attached hydrogens (tertiary/aromatic N) is 1. The summed E-state index contributed by atoms with van der Waals surface area (Å²) < 4.78 is 0. The van der Waals surface area contributed by atoms with Crippen molar-refractivity contribution in [3.05, 3.63) is 0 Å². The molecule has 0 aliphatic carbocycles. The Morgan fingerprint density at radius 2 is 1.82 bits per heavy atom. The van der Waals surface area contributed by atoms with Crippen molar-refractivity contribution in [3.63, 3.8) is 0 Å². The van der Waals surface area contributed by atoms with Gasteiger partial charge in [-0.25, -0.2) is 0 Å². The Hall–Kier alpha value is -0.610. The Balaban J connectivity index is 4.05. The first-order valence-electron chi connectivity index (χ1n) is 6.38. The van der Waals surface area contributed by atoms with Gasteiger partial charge in [-0.3, -0.25) is 5.41 Å². The minimum Gasteiger partial charge on any atom is -0.389 e. The van der Waals surface area contributed by atoms with Gasteiger partial charge in [0.15, 0.2) is 0 Å². The quantitative estimate of drug-likeness (QED) is 0.450. The molecular formula is C13H29N3O. The largest absolute Gasteiger partial charge is 0.389 e. The zero-order valence-corrected chi connectivity index (χ0v) is 12.0. The van der Waals surface area contributed by atoms with Crippen LogP contribution in [0.1, 0.15) is 47.5 Å². The van der Waals surface area contributed by atoms with Crippen LogP contribution in [-0.2, 0) is 0 Å². The Labute approximate surface area is 106 Å². The van der Waals surface area contributed by atoms with E-state index in [2.05, 4.69) is 11.8 Å². The van der Waals surface area contributed by atoms with Gasteiger partial charge in [-0.05, 0) is 39.8 Å².